The molecular formula is C10H12OS. The number of hydrogen-bond acceptors (Lipinski definition) is 2. The van der Waals surface area contributed by atoms with Crippen LogP contribution in [0.25, 0.3) is 6.08 Å². The van der Waals surface area contributed by atoms with Crippen LogP contribution in [-0.4, -0.2) is 10.9 Å². The van der Waals surface area contributed by atoms with Gasteiger partial charge < -0.3 is 5.11 Å². The van der Waals surface area contributed by atoms with Crippen LogP contribution in [-0.2, 0) is 0 Å². The fourth-order valence-electron chi connectivity index (χ4n) is 0.996. The monoisotopic (exact) mass is 180 g/mol. The summed E-state index contributed by atoms with van der Waals surface area (Å²) in [7, 11) is 0. The van der Waals surface area contributed by atoms with Crippen LogP contribution in [0.3, 0.4) is 0 Å². The molecule has 1 N–H and O–H groups in total. The predicted octanol–water partition coefficient (Wildman–Crippen LogP) is 2.64. The second-order valence-electron chi connectivity index (χ2n) is 2.60. The molecule has 0 atom stereocenters. The van der Waals surface area contributed by atoms with Crippen molar-refractivity contribution in [3.05, 3.63) is 35.4 Å². The Morgan fingerprint density at radius 3 is 2.92 bits per heavy atom. The summed E-state index contributed by atoms with van der Waals surface area (Å²) in [5.41, 5.74) is 1.75. The van der Waals surface area contributed by atoms with Crippen LogP contribution in [0.5, 0.6) is 5.75 Å². The Hall–Kier alpha value is -0.890. The molecule has 0 amide bonds. The van der Waals surface area contributed by atoms with Crippen LogP contribution in [0.2, 0.25) is 0 Å². The highest BCUT2D eigenvalue weighted by molar-refractivity contribution is 7.80. The van der Waals surface area contributed by atoms with Crippen molar-refractivity contribution in [1.29, 1.82) is 0 Å². The molecule has 0 aliphatic carbocycles. The van der Waals surface area contributed by atoms with Crippen molar-refractivity contribution < 1.29 is 5.11 Å². The van der Waals surface area contributed by atoms with Gasteiger partial charge in [0.2, 0.25) is 0 Å². The summed E-state index contributed by atoms with van der Waals surface area (Å²) in [6.07, 6.45) is 3.77. The molecule has 0 spiro atoms. The number of aromatic hydroxyl groups is 1. The van der Waals surface area contributed by atoms with E-state index in [4.69, 9.17) is 0 Å². The van der Waals surface area contributed by atoms with E-state index in [2.05, 4.69) is 12.6 Å². The van der Waals surface area contributed by atoms with E-state index in [1.54, 1.807) is 0 Å². The molecule has 0 aromatic heterocycles. The maximum absolute atomic E-state index is 9.55. The van der Waals surface area contributed by atoms with Crippen LogP contribution in [0.15, 0.2) is 24.3 Å². The predicted molar refractivity (Wildman–Crippen MR) is 55.7 cm³/mol. The Morgan fingerprint density at radius 2 is 2.25 bits per heavy atom. The lowest BCUT2D eigenvalue weighted by Gasteiger charge is -2.01. The van der Waals surface area contributed by atoms with Crippen molar-refractivity contribution in [1.82, 2.24) is 0 Å². The third-order valence-corrected chi connectivity index (χ3v) is 1.88. The van der Waals surface area contributed by atoms with Gasteiger partial charge in [0.1, 0.15) is 5.75 Å². The normalized spacial score (nSPS) is 10.8. The van der Waals surface area contributed by atoms with Crippen LogP contribution in [0, 0.1) is 6.92 Å². The summed E-state index contributed by atoms with van der Waals surface area (Å²) < 4.78 is 0. The minimum Gasteiger partial charge on any atom is -0.507 e. The molecule has 0 bridgehead atoms. The maximum atomic E-state index is 9.55. The van der Waals surface area contributed by atoms with E-state index < -0.39 is 0 Å². The van der Waals surface area contributed by atoms with Gasteiger partial charge >= 0.3 is 0 Å². The Morgan fingerprint density at radius 1 is 1.50 bits per heavy atom. The SMILES string of the molecule is Cc1cccc(C=CCS)c1O. The van der Waals surface area contributed by atoms with E-state index >= 15 is 0 Å². The van der Waals surface area contributed by atoms with Crippen LogP contribution in [0.1, 0.15) is 11.1 Å². The van der Waals surface area contributed by atoms with Crippen LogP contribution < -0.4 is 0 Å². The molecular weight excluding hydrogens is 168 g/mol. The van der Waals surface area contributed by atoms with Crippen LogP contribution in [0.4, 0.5) is 0 Å². The molecule has 2 heteroatoms. The molecule has 0 aliphatic heterocycles. The number of rotatable bonds is 2. The zero-order valence-corrected chi connectivity index (χ0v) is 7.88. The maximum Gasteiger partial charge on any atom is 0.125 e. The van der Waals surface area contributed by atoms with Crippen molar-refractivity contribution in [3.63, 3.8) is 0 Å². The van der Waals surface area contributed by atoms with Crippen molar-refractivity contribution in [3.8, 4) is 5.75 Å². The molecule has 64 valence electrons. The summed E-state index contributed by atoms with van der Waals surface area (Å²) in [4.78, 5) is 0. The highest BCUT2D eigenvalue weighted by Crippen LogP contribution is 2.22. The molecule has 12 heavy (non-hydrogen) atoms. The third-order valence-electron chi connectivity index (χ3n) is 1.67. The van der Waals surface area contributed by atoms with Gasteiger partial charge in [-0.1, -0.05) is 30.4 Å². The van der Waals surface area contributed by atoms with Gasteiger partial charge in [-0.15, -0.1) is 0 Å². The Balaban J connectivity index is 3.00. The first-order chi connectivity index (χ1) is 5.75. The van der Waals surface area contributed by atoms with Crippen molar-refractivity contribution in [2.45, 2.75) is 6.92 Å². The summed E-state index contributed by atoms with van der Waals surface area (Å²) >= 11 is 4.04. The molecule has 0 unspecified atom stereocenters. The van der Waals surface area contributed by atoms with Gasteiger partial charge in [0.25, 0.3) is 0 Å². The van der Waals surface area contributed by atoms with E-state index in [0.29, 0.717) is 11.5 Å². The second-order valence-corrected chi connectivity index (χ2v) is 2.96. The van der Waals surface area contributed by atoms with Gasteiger partial charge in [0, 0.05) is 11.3 Å². The number of phenolic OH excluding ortho intramolecular Hbond substituents is 1. The number of benzene rings is 1. The molecule has 0 heterocycles. The molecule has 0 saturated carbocycles. The molecule has 0 fully saturated rings. The van der Waals surface area contributed by atoms with E-state index in [9.17, 15) is 5.11 Å². The molecule has 1 rings (SSSR count). The van der Waals surface area contributed by atoms with Gasteiger partial charge in [-0.2, -0.15) is 12.6 Å². The standard InChI is InChI=1S/C10H12OS/c1-8-4-2-5-9(10(8)11)6-3-7-12/h2-6,11-12H,7H2,1H3. The third kappa shape index (κ3) is 2.05. The fraction of sp³-hybridized carbons (Fsp3) is 0.200. The van der Waals surface area contributed by atoms with E-state index in [1.807, 2.05) is 37.3 Å². The van der Waals surface area contributed by atoms with Gasteiger partial charge in [-0.3, -0.25) is 0 Å². The van der Waals surface area contributed by atoms with E-state index in [1.165, 1.54) is 0 Å². The quantitative estimate of drug-likeness (QED) is 0.670. The zero-order chi connectivity index (χ0) is 8.97. The largest absolute Gasteiger partial charge is 0.507 e. The van der Waals surface area contributed by atoms with Gasteiger partial charge in [0.05, 0.1) is 0 Å². The summed E-state index contributed by atoms with van der Waals surface area (Å²) in [6.45, 7) is 1.88. The summed E-state index contributed by atoms with van der Waals surface area (Å²) in [6, 6.07) is 5.68. The number of hydrogen-bond donors (Lipinski definition) is 2. The van der Waals surface area contributed by atoms with Gasteiger partial charge in [-0.05, 0) is 12.5 Å². The van der Waals surface area contributed by atoms with Gasteiger partial charge in [-0.25, -0.2) is 0 Å². The number of thiol groups is 1. The zero-order valence-electron chi connectivity index (χ0n) is 6.99. The van der Waals surface area contributed by atoms with Crippen molar-refractivity contribution in [2.24, 2.45) is 0 Å². The highest BCUT2D eigenvalue weighted by atomic mass is 32.1. The topological polar surface area (TPSA) is 20.2 Å². The molecule has 0 radical (unpaired) electrons. The number of para-hydroxylation sites is 1. The Bertz CT molecular complexity index is 292. The minimum absolute atomic E-state index is 0.357. The molecule has 0 saturated heterocycles. The van der Waals surface area contributed by atoms with E-state index in [-0.39, 0.29) is 0 Å². The first-order valence-corrected chi connectivity index (χ1v) is 4.45. The Kier molecular flexibility index (Phi) is 3.23. The molecule has 1 aromatic rings. The first kappa shape index (κ1) is 9.20. The first-order valence-electron chi connectivity index (χ1n) is 3.81. The van der Waals surface area contributed by atoms with Crippen molar-refractivity contribution in [2.75, 3.05) is 5.75 Å². The molecule has 1 aromatic carbocycles. The average molecular weight is 180 g/mol. The average Bonchev–Trinajstić information content (AvgIpc) is 2.08. The second kappa shape index (κ2) is 4.21. The van der Waals surface area contributed by atoms with Crippen molar-refractivity contribution >= 4 is 18.7 Å². The lowest BCUT2D eigenvalue weighted by Crippen LogP contribution is -1.78. The van der Waals surface area contributed by atoms with Gasteiger partial charge in [0.15, 0.2) is 0 Å². The Labute approximate surface area is 78.2 Å². The number of phenols is 1. The summed E-state index contributed by atoms with van der Waals surface area (Å²) in [5, 5.41) is 9.55. The number of aryl methyl sites for hydroxylation is 1. The lowest BCUT2D eigenvalue weighted by atomic mass is 10.1. The lowest BCUT2D eigenvalue weighted by molar-refractivity contribution is 0.470. The molecule has 1 nitrogen and oxygen atoms in total. The highest BCUT2D eigenvalue weighted by Gasteiger charge is 1.98. The summed E-state index contributed by atoms with van der Waals surface area (Å²) in [5.74, 6) is 1.04. The smallest absolute Gasteiger partial charge is 0.125 e. The minimum atomic E-state index is 0.357. The fourth-order valence-corrected chi connectivity index (χ4v) is 1.10. The van der Waals surface area contributed by atoms with E-state index in [0.717, 1.165) is 11.1 Å². The molecule has 0 aliphatic rings. The van der Waals surface area contributed by atoms with Crippen LogP contribution >= 0.6 is 12.6 Å².